The Morgan fingerprint density at radius 3 is 2.39 bits per heavy atom. The van der Waals surface area contributed by atoms with Gasteiger partial charge in [-0.2, -0.15) is 0 Å². The first-order valence-corrected chi connectivity index (χ1v) is 10.9. The average Bonchev–Trinajstić information content (AvgIpc) is 2.94. The molecule has 1 aliphatic carbocycles. The van der Waals surface area contributed by atoms with Crippen LogP contribution < -0.4 is 4.72 Å². The molecule has 1 fully saturated rings. The summed E-state index contributed by atoms with van der Waals surface area (Å²) in [6.07, 6.45) is 6.45. The monoisotopic (exact) mass is 399 g/mol. The Hall–Kier alpha value is -2.58. The SMILES string of the molecule is O=C1c2cccnc2C(=O)N1Cc1ccc(S(=O)(=O)NC2CCCCC2)cc1. The van der Waals surface area contributed by atoms with Gasteiger partial charge in [0, 0.05) is 12.2 Å². The number of fused-ring (bicyclic) bond motifs is 1. The van der Waals surface area contributed by atoms with E-state index in [2.05, 4.69) is 9.71 Å². The molecule has 0 unspecified atom stereocenters. The largest absolute Gasteiger partial charge is 0.280 e. The van der Waals surface area contributed by atoms with E-state index >= 15 is 0 Å². The molecule has 1 aromatic carbocycles. The van der Waals surface area contributed by atoms with Crippen molar-refractivity contribution >= 4 is 21.8 Å². The summed E-state index contributed by atoms with van der Waals surface area (Å²) in [7, 11) is -3.58. The summed E-state index contributed by atoms with van der Waals surface area (Å²) < 4.78 is 27.9. The van der Waals surface area contributed by atoms with E-state index in [0.29, 0.717) is 11.1 Å². The van der Waals surface area contributed by atoms with Crippen LogP contribution in [0.3, 0.4) is 0 Å². The van der Waals surface area contributed by atoms with E-state index in [-0.39, 0.29) is 29.1 Å². The fourth-order valence-electron chi connectivity index (χ4n) is 3.72. The Morgan fingerprint density at radius 1 is 1.00 bits per heavy atom. The fourth-order valence-corrected chi connectivity index (χ4v) is 5.03. The van der Waals surface area contributed by atoms with Crippen molar-refractivity contribution in [3.8, 4) is 0 Å². The van der Waals surface area contributed by atoms with Crippen LogP contribution in [-0.4, -0.2) is 36.2 Å². The van der Waals surface area contributed by atoms with E-state index in [1.54, 1.807) is 24.3 Å². The molecule has 1 aliphatic heterocycles. The van der Waals surface area contributed by atoms with Gasteiger partial charge in [-0.1, -0.05) is 31.4 Å². The quantitative estimate of drug-likeness (QED) is 0.779. The highest BCUT2D eigenvalue weighted by atomic mass is 32.2. The molecule has 0 saturated heterocycles. The van der Waals surface area contributed by atoms with Crippen molar-refractivity contribution < 1.29 is 18.0 Å². The average molecular weight is 399 g/mol. The van der Waals surface area contributed by atoms with Crippen LogP contribution in [0, 0.1) is 0 Å². The number of imide groups is 1. The zero-order valence-electron chi connectivity index (χ0n) is 15.3. The Morgan fingerprint density at radius 2 is 1.71 bits per heavy atom. The molecule has 4 rings (SSSR count). The van der Waals surface area contributed by atoms with E-state index in [1.165, 1.54) is 18.3 Å². The summed E-state index contributed by atoms with van der Waals surface area (Å²) in [5.41, 5.74) is 1.12. The molecule has 0 spiro atoms. The van der Waals surface area contributed by atoms with Gasteiger partial charge in [-0.05, 0) is 42.7 Å². The molecule has 7 nitrogen and oxygen atoms in total. The van der Waals surface area contributed by atoms with Gasteiger partial charge in [0.15, 0.2) is 0 Å². The Bertz CT molecular complexity index is 977. The second-order valence-corrected chi connectivity index (χ2v) is 8.91. The molecule has 0 bridgehead atoms. The topological polar surface area (TPSA) is 96.4 Å². The molecule has 2 heterocycles. The minimum absolute atomic E-state index is 0.00993. The van der Waals surface area contributed by atoms with Crippen LogP contribution >= 0.6 is 0 Å². The zero-order chi connectivity index (χ0) is 19.7. The molecule has 28 heavy (non-hydrogen) atoms. The van der Waals surface area contributed by atoms with Crippen molar-refractivity contribution in [3.63, 3.8) is 0 Å². The number of sulfonamides is 1. The predicted octanol–water partition coefficient (Wildman–Crippen LogP) is 2.49. The number of nitrogens with zero attached hydrogens (tertiary/aromatic N) is 2. The van der Waals surface area contributed by atoms with Crippen molar-refractivity contribution in [1.82, 2.24) is 14.6 Å². The summed E-state index contributed by atoms with van der Waals surface area (Å²) in [4.78, 5) is 30.1. The van der Waals surface area contributed by atoms with Gasteiger partial charge in [0.1, 0.15) is 5.69 Å². The van der Waals surface area contributed by atoms with Gasteiger partial charge in [0.25, 0.3) is 11.8 Å². The minimum atomic E-state index is -3.58. The predicted molar refractivity (Wildman–Crippen MR) is 102 cm³/mol. The van der Waals surface area contributed by atoms with Gasteiger partial charge in [-0.15, -0.1) is 0 Å². The highest BCUT2D eigenvalue weighted by molar-refractivity contribution is 7.89. The van der Waals surface area contributed by atoms with Crippen LogP contribution in [0.2, 0.25) is 0 Å². The van der Waals surface area contributed by atoms with E-state index in [1.807, 2.05) is 0 Å². The van der Waals surface area contributed by atoms with Gasteiger partial charge in [-0.3, -0.25) is 19.5 Å². The normalized spacial score (nSPS) is 17.8. The van der Waals surface area contributed by atoms with Crippen molar-refractivity contribution in [3.05, 3.63) is 59.4 Å². The van der Waals surface area contributed by atoms with Crippen LogP contribution in [0.4, 0.5) is 0 Å². The van der Waals surface area contributed by atoms with Crippen LogP contribution in [0.25, 0.3) is 0 Å². The third kappa shape index (κ3) is 3.57. The molecule has 146 valence electrons. The van der Waals surface area contributed by atoms with Crippen LogP contribution in [0.1, 0.15) is 58.5 Å². The van der Waals surface area contributed by atoms with E-state index in [0.717, 1.165) is 37.0 Å². The second-order valence-electron chi connectivity index (χ2n) is 7.20. The maximum absolute atomic E-state index is 12.6. The lowest BCUT2D eigenvalue weighted by Gasteiger charge is -2.22. The maximum Gasteiger partial charge on any atom is 0.280 e. The third-order valence-electron chi connectivity index (χ3n) is 5.23. The molecule has 8 heteroatoms. The summed E-state index contributed by atoms with van der Waals surface area (Å²) in [6, 6.07) is 9.47. The number of carbonyl (C=O) groups excluding carboxylic acids is 2. The van der Waals surface area contributed by atoms with Gasteiger partial charge in [0.05, 0.1) is 17.0 Å². The number of aromatic nitrogens is 1. The lowest BCUT2D eigenvalue weighted by atomic mass is 9.96. The molecule has 0 atom stereocenters. The summed E-state index contributed by atoms with van der Waals surface area (Å²) >= 11 is 0. The van der Waals surface area contributed by atoms with Crippen molar-refractivity contribution in [2.24, 2.45) is 0 Å². The zero-order valence-corrected chi connectivity index (χ0v) is 16.1. The number of hydrogen-bond acceptors (Lipinski definition) is 5. The molecular formula is C20H21N3O4S. The standard InChI is InChI=1S/C20H21N3O4S/c24-19-17-7-4-12-21-18(17)20(25)23(19)13-14-8-10-16(11-9-14)28(26,27)22-15-5-2-1-3-6-15/h4,7-12,15,22H,1-3,5-6,13H2. The highest BCUT2D eigenvalue weighted by Crippen LogP contribution is 2.24. The molecule has 1 N–H and O–H groups in total. The Labute approximate surface area is 163 Å². The number of amides is 2. The fraction of sp³-hybridized carbons (Fsp3) is 0.350. The highest BCUT2D eigenvalue weighted by Gasteiger charge is 2.36. The van der Waals surface area contributed by atoms with Crippen molar-refractivity contribution in [2.75, 3.05) is 0 Å². The molecular weight excluding hydrogens is 378 g/mol. The number of pyridine rings is 1. The molecule has 0 radical (unpaired) electrons. The Balaban J connectivity index is 1.47. The second kappa shape index (κ2) is 7.44. The first-order valence-electron chi connectivity index (χ1n) is 9.38. The van der Waals surface area contributed by atoms with Crippen molar-refractivity contribution in [2.45, 2.75) is 49.6 Å². The van der Waals surface area contributed by atoms with Gasteiger partial charge < -0.3 is 0 Å². The molecule has 2 aromatic rings. The smallest absolute Gasteiger partial charge is 0.268 e. The number of carbonyl (C=O) groups is 2. The number of nitrogens with one attached hydrogen (secondary N) is 1. The first kappa shape index (κ1) is 18.8. The maximum atomic E-state index is 12.6. The summed E-state index contributed by atoms with van der Waals surface area (Å²) in [6.45, 7) is 0.0738. The number of hydrogen-bond donors (Lipinski definition) is 1. The lowest BCUT2D eigenvalue weighted by Crippen LogP contribution is -2.36. The number of rotatable bonds is 5. The van der Waals surface area contributed by atoms with E-state index < -0.39 is 15.9 Å². The van der Waals surface area contributed by atoms with Crippen LogP contribution in [0.15, 0.2) is 47.5 Å². The van der Waals surface area contributed by atoms with Gasteiger partial charge in [0.2, 0.25) is 10.0 Å². The van der Waals surface area contributed by atoms with Crippen molar-refractivity contribution in [1.29, 1.82) is 0 Å². The van der Waals surface area contributed by atoms with E-state index in [9.17, 15) is 18.0 Å². The van der Waals surface area contributed by atoms with Crippen LogP contribution in [0.5, 0.6) is 0 Å². The van der Waals surface area contributed by atoms with E-state index in [4.69, 9.17) is 0 Å². The van der Waals surface area contributed by atoms with Crippen LogP contribution in [-0.2, 0) is 16.6 Å². The molecule has 2 aliphatic rings. The van der Waals surface area contributed by atoms with Gasteiger partial charge >= 0.3 is 0 Å². The lowest BCUT2D eigenvalue weighted by molar-refractivity contribution is 0.0640. The molecule has 2 amide bonds. The summed E-state index contributed by atoms with van der Waals surface area (Å²) in [5, 5.41) is 0. The molecule has 1 saturated carbocycles. The Kier molecular flexibility index (Phi) is 4.99. The van der Waals surface area contributed by atoms with Gasteiger partial charge in [-0.25, -0.2) is 13.1 Å². The minimum Gasteiger partial charge on any atom is -0.268 e. The first-order chi connectivity index (χ1) is 13.5. The number of benzene rings is 1. The third-order valence-corrected chi connectivity index (χ3v) is 6.77. The molecule has 1 aromatic heterocycles. The summed E-state index contributed by atoms with van der Waals surface area (Å²) in [5.74, 6) is -0.819.